The molecule has 0 aromatic carbocycles. The second-order valence-corrected chi connectivity index (χ2v) is 3.58. The van der Waals surface area contributed by atoms with Crippen LogP contribution in [0.25, 0.3) is 0 Å². The zero-order valence-electron chi connectivity index (χ0n) is 8.13. The van der Waals surface area contributed by atoms with Crippen molar-refractivity contribution < 1.29 is 4.79 Å². The van der Waals surface area contributed by atoms with Crippen LogP contribution in [0.15, 0.2) is 6.20 Å². The van der Waals surface area contributed by atoms with Gasteiger partial charge >= 0.3 is 0 Å². The molecule has 1 saturated heterocycles. The summed E-state index contributed by atoms with van der Waals surface area (Å²) >= 11 is 0. The molecule has 0 radical (unpaired) electrons. The maximum absolute atomic E-state index is 10.9. The molecule has 1 aliphatic rings. The summed E-state index contributed by atoms with van der Waals surface area (Å²) in [6, 6.07) is 0.256. The van der Waals surface area contributed by atoms with Crippen LogP contribution >= 0.6 is 0 Å². The normalized spacial score (nSPS) is 21.2. The van der Waals surface area contributed by atoms with Gasteiger partial charge in [-0.2, -0.15) is 0 Å². The molecule has 1 aromatic heterocycles. The number of carbonyl (C=O) groups is 1. The van der Waals surface area contributed by atoms with Crippen LogP contribution in [-0.4, -0.2) is 28.5 Å². The van der Waals surface area contributed by atoms with Gasteiger partial charge in [-0.25, -0.2) is 4.98 Å². The monoisotopic (exact) mass is 194 g/mol. The van der Waals surface area contributed by atoms with Crippen LogP contribution in [0.4, 0.5) is 0 Å². The van der Waals surface area contributed by atoms with Gasteiger partial charge in [0.05, 0.1) is 0 Å². The smallest absolute Gasteiger partial charge is 0.221 e. The van der Waals surface area contributed by atoms with Gasteiger partial charge in [0.2, 0.25) is 5.91 Å². The van der Waals surface area contributed by atoms with E-state index in [4.69, 9.17) is 0 Å². The number of carbonyl (C=O) groups excluding carboxylic acids is 1. The summed E-state index contributed by atoms with van der Waals surface area (Å²) in [7, 11) is 0. The van der Waals surface area contributed by atoms with E-state index in [1.54, 1.807) is 0 Å². The first-order valence-corrected chi connectivity index (χ1v) is 4.74. The first kappa shape index (κ1) is 9.21. The van der Waals surface area contributed by atoms with E-state index < -0.39 is 0 Å². The molecule has 5 heteroatoms. The molecule has 76 valence electrons. The van der Waals surface area contributed by atoms with Gasteiger partial charge in [-0.05, 0) is 6.92 Å². The lowest BCUT2D eigenvalue weighted by atomic mass is 10.2. The number of imidazole rings is 1. The molecule has 14 heavy (non-hydrogen) atoms. The Morgan fingerprint density at radius 3 is 3.14 bits per heavy atom. The van der Waals surface area contributed by atoms with Crippen molar-refractivity contribution in [2.24, 2.45) is 0 Å². The highest BCUT2D eigenvalue weighted by Gasteiger charge is 2.20. The minimum atomic E-state index is 0.128. The van der Waals surface area contributed by atoms with E-state index in [1.807, 2.05) is 13.1 Å². The van der Waals surface area contributed by atoms with Crippen LogP contribution in [0, 0.1) is 6.92 Å². The van der Waals surface area contributed by atoms with Gasteiger partial charge in [0, 0.05) is 37.4 Å². The zero-order chi connectivity index (χ0) is 9.97. The molecule has 0 spiro atoms. The van der Waals surface area contributed by atoms with E-state index in [-0.39, 0.29) is 11.9 Å². The molecule has 5 nitrogen and oxygen atoms in total. The average molecular weight is 194 g/mol. The molecule has 1 fully saturated rings. The third-order valence-electron chi connectivity index (χ3n) is 2.31. The first-order valence-electron chi connectivity index (χ1n) is 4.74. The number of hydrogen-bond donors (Lipinski definition) is 3. The van der Waals surface area contributed by atoms with Crippen LogP contribution < -0.4 is 10.6 Å². The number of aryl methyl sites for hydroxylation is 1. The minimum absolute atomic E-state index is 0.128. The van der Waals surface area contributed by atoms with Crippen molar-refractivity contribution in [2.75, 3.05) is 6.54 Å². The summed E-state index contributed by atoms with van der Waals surface area (Å²) in [6.07, 6.45) is 2.39. The fraction of sp³-hybridized carbons (Fsp3) is 0.556. The van der Waals surface area contributed by atoms with Crippen molar-refractivity contribution in [3.63, 3.8) is 0 Å². The molecule has 1 amide bonds. The largest absolute Gasteiger partial charge is 0.354 e. The number of aromatic nitrogens is 2. The molecular weight excluding hydrogens is 180 g/mol. The third-order valence-corrected chi connectivity index (χ3v) is 2.31. The van der Waals surface area contributed by atoms with E-state index in [2.05, 4.69) is 20.6 Å². The number of amides is 1. The van der Waals surface area contributed by atoms with E-state index in [0.717, 1.165) is 24.6 Å². The minimum Gasteiger partial charge on any atom is -0.354 e. The summed E-state index contributed by atoms with van der Waals surface area (Å²) in [5.74, 6) is 1.05. The summed E-state index contributed by atoms with van der Waals surface area (Å²) in [5, 5.41) is 6.07. The highest BCUT2D eigenvalue weighted by Crippen LogP contribution is 2.01. The number of hydrogen-bond acceptors (Lipinski definition) is 3. The van der Waals surface area contributed by atoms with E-state index in [9.17, 15) is 4.79 Å². The predicted molar refractivity (Wildman–Crippen MR) is 51.6 cm³/mol. The summed E-state index contributed by atoms with van der Waals surface area (Å²) in [6.45, 7) is 3.39. The molecule has 1 aromatic rings. The van der Waals surface area contributed by atoms with Crippen molar-refractivity contribution in [1.29, 1.82) is 0 Å². The van der Waals surface area contributed by atoms with Crippen LogP contribution in [0.1, 0.15) is 17.9 Å². The Morgan fingerprint density at radius 2 is 2.57 bits per heavy atom. The van der Waals surface area contributed by atoms with Gasteiger partial charge in [0.25, 0.3) is 0 Å². The Balaban J connectivity index is 1.80. The van der Waals surface area contributed by atoms with E-state index >= 15 is 0 Å². The Labute approximate surface area is 82.3 Å². The lowest BCUT2D eigenvalue weighted by Gasteiger charge is -2.08. The summed E-state index contributed by atoms with van der Waals surface area (Å²) in [5.41, 5.74) is 1.06. The highest BCUT2D eigenvalue weighted by molar-refractivity contribution is 5.78. The number of nitrogens with zero attached hydrogens (tertiary/aromatic N) is 1. The summed E-state index contributed by atoms with van der Waals surface area (Å²) < 4.78 is 0. The van der Waals surface area contributed by atoms with Gasteiger partial charge < -0.3 is 15.6 Å². The van der Waals surface area contributed by atoms with Crippen molar-refractivity contribution in [1.82, 2.24) is 20.6 Å². The van der Waals surface area contributed by atoms with Gasteiger partial charge in [-0.1, -0.05) is 0 Å². The quantitative estimate of drug-likeness (QED) is 0.618. The highest BCUT2D eigenvalue weighted by atomic mass is 16.1. The maximum Gasteiger partial charge on any atom is 0.221 e. The van der Waals surface area contributed by atoms with Crippen molar-refractivity contribution in [2.45, 2.75) is 25.9 Å². The molecule has 1 aliphatic heterocycles. The van der Waals surface area contributed by atoms with Crippen LogP contribution in [0.2, 0.25) is 0 Å². The van der Waals surface area contributed by atoms with Crippen LogP contribution in [-0.2, 0) is 11.3 Å². The van der Waals surface area contributed by atoms with Gasteiger partial charge in [-0.3, -0.25) is 4.79 Å². The fourth-order valence-corrected chi connectivity index (χ4v) is 1.57. The number of rotatable bonds is 3. The molecule has 3 N–H and O–H groups in total. The number of aromatic amines is 1. The van der Waals surface area contributed by atoms with Gasteiger partial charge in [-0.15, -0.1) is 0 Å². The van der Waals surface area contributed by atoms with E-state index in [1.165, 1.54) is 0 Å². The molecule has 0 bridgehead atoms. The topological polar surface area (TPSA) is 69.8 Å². The van der Waals surface area contributed by atoms with Crippen molar-refractivity contribution >= 4 is 5.91 Å². The molecule has 2 heterocycles. The first-order chi connectivity index (χ1) is 6.74. The lowest BCUT2D eigenvalue weighted by molar-refractivity contribution is -0.119. The lowest BCUT2D eigenvalue weighted by Crippen LogP contribution is -2.30. The second-order valence-electron chi connectivity index (χ2n) is 3.58. The molecule has 0 aliphatic carbocycles. The average Bonchev–Trinajstić information content (AvgIpc) is 2.72. The zero-order valence-corrected chi connectivity index (χ0v) is 8.13. The van der Waals surface area contributed by atoms with Crippen molar-refractivity contribution in [3.05, 3.63) is 17.7 Å². The SMILES string of the molecule is Cc1ncc(CNC2CNC(=O)C2)[nH]1. The van der Waals surface area contributed by atoms with Crippen LogP contribution in [0.3, 0.4) is 0 Å². The van der Waals surface area contributed by atoms with Crippen molar-refractivity contribution in [3.8, 4) is 0 Å². The Hall–Kier alpha value is -1.36. The molecule has 1 atom stereocenters. The standard InChI is InChI=1S/C9H14N4O/c1-6-10-4-8(13-6)5-11-7-2-9(14)12-3-7/h4,7,11H,2-3,5H2,1H3,(H,10,13)(H,12,14). The molecule has 2 rings (SSSR count). The number of H-pyrrole nitrogens is 1. The second kappa shape index (κ2) is 3.79. The fourth-order valence-electron chi connectivity index (χ4n) is 1.57. The Kier molecular flexibility index (Phi) is 2.49. The van der Waals surface area contributed by atoms with E-state index in [0.29, 0.717) is 6.42 Å². The number of nitrogens with one attached hydrogen (secondary N) is 3. The molecule has 0 saturated carbocycles. The summed E-state index contributed by atoms with van der Waals surface area (Å²) in [4.78, 5) is 18.1. The van der Waals surface area contributed by atoms with Gasteiger partial charge in [0.15, 0.2) is 0 Å². The van der Waals surface area contributed by atoms with Gasteiger partial charge in [0.1, 0.15) is 5.82 Å². The Bertz CT molecular complexity index is 333. The maximum atomic E-state index is 10.9. The predicted octanol–water partition coefficient (Wildman–Crippen LogP) is -0.304. The molecular formula is C9H14N4O. The molecule has 1 unspecified atom stereocenters. The Morgan fingerprint density at radius 1 is 1.71 bits per heavy atom. The third kappa shape index (κ3) is 2.11. The van der Waals surface area contributed by atoms with Crippen LogP contribution in [0.5, 0.6) is 0 Å².